The van der Waals surface area contributed by atoms with Crippen molar-refractivity contribution in [3.63, 3.8) is 0 Å². The highest BCUT2D eigenvalue weighted by molar-refractivity contribution is 7.99. The molecule has 0 saturated heterocycles. The number of amides is 1. The second-order valence-corrected chi connectivity index (χ2v) is 8.23. The van der Waals surface area contributed by atoms with Gasteiger partial charge in [0, 0.05) is 33.2 Å². The van der Waals surface area contributed by atoms with Crippen LogP contribution >= 0.6 is 11.8 Å². The molecule has 0 unspecified atom stereocenters. The zero-order valence-electron chi connectivity index (χ0n) is 16.2. The second kappa shape index (κ2) is 7.64. The number of hydrogen-bond acceptors (Lipinski definition) is 3. The molecule has 1 heterocycles. The van der Waals surface area contributed by atoms with E-state index in [9.17, 15) is 4.79 Å². The van der Waals surface area contributed by atoms with Gasteiger partial charge in [-0.3, -0.25) is 9.79 Å². The molecule has 0 spiro atoms. The average molecular weight is 387 g/mol. The first kappa shape index (κ1) is 18.5. The van der Waals surface area contributed by atoms with Crippen molar-refractivity contribution in [2.24, 2.45) is 4.99 Å². The SMILES string of the molecule is CC1=Nc2cc(C(=O)NCc3ccc(C)cc3)ccc2Sc2ccc(C)cc21. The molecular weight excluding hydrogens is 364 g/mol. The minimum atomic E-state index is -0.0844. The number of nitrogens with zero attached hydrogens (tertiary/aromatic N) is 1. The molecule has 3 aromatic rings. The van der Waals surface area contributed by atoms with Crippen molar-refractivity contribution in [1.29, 1.82) is 0 Å². The van der Waals surface area contributed by atoms with E-state index in [4.69, 9.17) is 4.99 Å². The number of carbonyl (C=O) groups is 1. The van der Waals surface area contributed by atoms with E-state index in [0.717, 1.165) is 27.4 Å². The Hall–Kier alpha value is -2.85. The van der Waals surface area contributed by atoms with Crippen LogP contribution in [0.4, 0.5) is 5.69 Å². The lowest BCUT2D eigenvalue weighted by atomic mass is 10.1. The largest absolute Gasteiger partial charge is 0.348 e. The molecule has 1 aliphatic heterocycles. The highest BCUT2D eigenvalue weighted by Crippen LogP contribution is 2.40. The monoisotopic (exact) mass is 386 g/mol. The van der Waals surface area contributed by atoms with E-state index in [1.165, 1.54) is 16.0 Å². The zero-order chi connectivity index (χ0) is 19.7. The van der Waals surface area contributed by atoms with Gasteiger partial charge in [-0.15, -0.1) is 0 Å². The van der Waals surface area contributed by atoms with Gasteiger partial charge in [-0.2, -0.15) is 0 Å². The summed E-state index contributed by atoms with van der Waals surface area (Å²) in [5.74, 6) is -0.0844. The smallest absolute Gasteiger partial charge is 0.251 e. The van der Waals surface area contributed by atoms with E-state index in [2.05, 4.69) is 49.5 Å². The van der Waals surface area contributed by atoms with Crippen LogP contribution in [-0.4, -0.2) is 11.6 Å². The summed E-state index contributed by atoms with van der Waals surface area (Å²) in [4.78, 5) is 19.7. The number of hydrogen-bond donors (Lipinski definition) is 1. The van der Waals surface area contributed by atoms with Crippen molar-refractivity contribution in [3.8, 4) is 0 Å². The molecule has 0 aliphatic carbocycles. The summed E-state index contributed by atoms with van der Waals surface area (Å²) in [6.45, 7) is 6.68. The van der Waals surface area contributed by atoms with Crippen LogP contribution < -0.4 is 5.32 Å². The Morgan fingerprint density at radius 1 is 0.893 bits per heavy atom. The Bertz CT molecular complexity index is 1080. The maximum absolute atomic E-state index is 12.6. The molecule has 28 heavy (non-hydrogen) atoms. The minimum Gasteiger partial charge on any atom is -0.348 e. The third kappa shape index (κ3) is 3.87. The molecule has 0 aromatic heterocycles. The number of benzene rings is 3. The van der Waals surface area contributed by atoms with Crippen LogP contribution in [0.3, 0.4) is 0 Å². The van der Waals surface area contributed by atoms with Crippen LogP contribution in [0.1, 0.15) is 39.5 Å². The van der Waals surface area contributed by atoms with Gasteiger partial charge in [-0.25, -0.2) is 0 Å². The first-order chi connectivity index (χ1) is 13.5. The summed E-state index contributed by atoms with van der Waals surface area (Å²) >= 11 is 1.70. The molecule has 3 nitrogen and oxygen atoms in total. The van der Waals surface area contributed by atoms with Crippen LogP contribution in [0, 0.1) is 13.8 Å². The van der Waals surface area contributed by atoms with Crippen molar-refractivity contribution in [1.82, 2.24) is 5.32 Å². The first-order valence-corrected chi connectivity index (χ1v) is 10.1. The van der Waals surface area contributed by atoms with E-state index in [0.29, 0.717) is 12.1 Å². The van der Waals surface area contributed by atoms with Crippen LogP contribution in [0.2, 0.25) is 0 Å². The molecule has 4 rings (SSSR count). The Balaban J connectivity index is 1.57. The molecule has 0 fully saturated rings. The number of fused-ring (bicyclic) bond motifs is 2. The van der Waals surface area contributed by atoms with E-state index in [1.54, 1.807) is 11.8 Å². The van der Waals surface area contributed by atoms with E-state index < -0.39 is 0 Å². The Morgan fingerprint density at radius 3 is 2.39 bits per heavy atom. The Morgan fingerprint density at radius 2 is 1.61 bits per heavy atom. The lowest BCUT2D eigenvalue weighted by Gasteiger charge is -2.09. The van der Waals surface area contributed by atoms with Crippen molar-refractivity contribution < 1.29 is 4.79 Å². The van der Waals surface area contributed by atoms with E-state index >= 15 is 0 Å². The molecule has 140 valence electrons. The van der Waals surface area contributed by atoms with Gasteiger partial charge >= 0.3 is 0 Å². The fraction of sp³-hybridized carbons (Fsp3) is 0.167. The van der Waals surface area contributed by atoms with Gasteiger partial charge in [0.1, 0.15) is 0 Å². The summed E-state index contributed by atoms with van der Waals surface area (Å²) in [6.07, 6.45) is 0. The summed E-state index contributed by atoms with van der Waals surface area (Å²) < 4.78 is 0. The molecule has 0 saturated carbocycles. The fourth-order valence-corrected chi connectivity index (χ4v) is 4.23. The summed E-state index contributed by atoms with van der Waals surface area (Å²) in [7, 11) is 0. The average Bonchev–Trinajstić information content (AvgIpc) is 2.82. The molecule has 1 amide bonds. The van der Waals surface area contributed by atoms with Crippen molar-refractivity contribution >= 4 is 29.1 Å². The third-order valence-corrected chi connectivity index (χ3v) is 5.97. The fourth-order valence-electron chi connectivity index (χ4n) is 3.20. The van der Waals surface area contributed by atoms with Gasteiger partial charge in [0.15, 0.2) is 0 Å². The maximum Gasteiger partial charge on any atom is 0.251 e. The molecular formula is C24H22N2OS. The molecule has 1 N–H and O–H groups in total. The number of aryl methyl sites for hydroxylation is 2. The standard InChI is InChI=1S/C24H22N2OS/c1-15-4-7-18(8-5-15)14-25-24(27)19-9-11-23-21(13-19)26-17(3)20-12-16(2)6-10-22(20)28-23/h4-13H,14H2,1-3H3,(H,25,27). The summed E-state index contributed by atoms with van der Waals surface area (Å²) in [5, 5.41) is 3.00. The van der Waals surface area contributed by atoms with E-state index in [1.807, 2.05) is 37.3 Å². The molecule has 1 aliphatic rings. The lowest BCUT2D eigenvalue weighted by molar-refractivity contribution is 0.0951. The van der Waals surface area contributed by atoms with Gasteiger partial charge in [-0.1, -0.05) is 53.2 Å². The van der Waals surface area contributed by atoms with Crippen molar-refractivity contribution in [3.05, 3.63) is 88.5 Å². The number of nitrogens with one attached hydrogen (secondary N) is 1. The van der Waals surface area contributed by atoms with Crippen molar-refractivity contribution in [2.75, 3.05) is 0 Å². The zero-order valence-corrected chi connectivity index (χ0v) is 17.1. The normalized spacial score (nSPS) is 12.5. The van der Waals surface area contributed by atoms with Crippen molar-refractivity contribution in [2.45, 2.75) is 37.1 Å². The second-order valence-electron chi connectivity index (χ2n) is 7.15. The van der Waals surface area contributed by atoms with Gasteiger partial charge in [-0.05, 0) is 56.7 Å². The summed E-state index contributed by atoms with van der Waals surface area (Å²) in [5.41, 5.74) is 7.13. The predicted octanol–water partition coefficient (Wildman–Crippen LogP) is 5.84. The number of carbonyl (C=O) groups excluding carboxylic acids is 1. The van der Waals surface area contributed by atoms with Gasteiger partial charge in [0.2, 0.25) is 0 Å². The Kier molecular flexibility index (Phi) is 5.05. The lowest BCUT2D eigenvalue weighted by Crippen LogP contribution is -2.22. The quantitative estimate of drug-likeness (QED) is 0.614. The summed E-state index contributed by atoms with van der Waals surface area (Å²) in [6, 6.07) is 20.4. The minimum absolute atomic E-state index is 0.0844. The molecule has 0 bridgehead atoms. The van der Waals surface area contributed by atoms with E-state index in [-0.39, 0.29) is 5.91 Å². The van der Waals surface area contributed by atoms with Gasteiger partial charge in [0.25, 0.3) is 5.91 Å². The van der Waals surface area contributed by atoms with Gasteiger partial charge in [0.05, 0.1) is 5.69 Å². The topological polar surface area (TPSA) is 41.5 Å². The van der Waals surface area contributed by atoms with Gasteiger partial charge < -0.3 is 5.32 Å². The highest BCUT2D eigenvalue weighted by Gasteiger charge is 2.17. The van der Waals surface area contributed by atoms with Crippen LogP contribution in [0.5, 0.6) is 0 Å². The predicted molar refractivity (Wildman–Crippen MR) is 116 cm³/mol. The molecule has 3 aromatic carbocycles. The molecule has 0 radical (unpaired) electrons. The molecule has 4 heteroatoms. The van der Waals surface area contributed by atoms with Crippen LogP contribution in [-0.2, 0) is 6.54 Å². The Labute approximate surface area is 169 Å². The maximum atomic E-state index is 12.6. The number of aliphatic imine (C=N–C) groups is 1. The first-order valence-electron chi connectivity index (χ1n) is 9.31. The van der Waals surface area contributed by atoms with Crippen LogP contribution in [0.15, 0.2) is 75.4 Å². The number of rotatable bonds is 3. The highest BCUT2D eigenvalue weighted by atomic mass is 32.2. The molecule has 0 atom stereocenters. The van der Waals surface area contributed by atoms with Crippen LogP contribution in [0.25, 0.3) is 0 Å². The third-order valence-electron chi connectivity index (χ3n) is 4.83.